The van der Waals surface area contributed by atoms with Gasteiger partial charge in [0, 0.05) is 12.1 Å². The number of nitrogens with two attached hydrogens (primary N) is 1. The molecular weight excluding hydrogens is 283 g/mol. The van der Waals surface area contributed by atoms with Gasteiger partial charge in [0.1, 0.15) is 19.1 Å². The smallest absolute Gasteiger partial charge is 0.399 e. The standard InChI is InChI=1S/C10H11N2O5P.C2H6/c1-2-7-15-18(16-8-11)17-10-5-3-9(4-6-10)12(13)14;1-2/h1,3-6H,7-8,11H2;1-2H3. The highest BCUT2D eigenvalue weighted by Crippen LogP contribution is 2.40. The van der Waals surface area contributed by atoms with E-state index in [4.69, 9.17) is 25.7 Å². The van der Waals surface area contributed by atoms with Gasteiger partial charge in [0.25, 0.3) is 5.69 Å². The van der Waals surface area contributed by atoms with Crippen LogP contribution >= 0.6 is 8.60 Å². The van der Waals surface area contributed by atoms with Gasteiger partial charge >= 0.3 is 8.60 Å². The summed E-state index contributed by atoms with van der Waals surface area (Å²) in [7, 11) is -1.71. The molecule has 0 saturated heterocycles. The molecule has 1 atom stereocenters. The van der Waals surface area contributed by atoms with Gasteiger partial charge in [-0.1, -0.05) is 19.8 Å². The van der Waals surface area contributed by atoms with Crippen LogP contribution in [0.1, 0.15) is 13.8 Å². The highest BCUT2D eigenvalue weighted by Gasteiger charge is 2.14. The minimum Gasteiger partial charge on any atom is -0.427 e. The Bertz CT molecular complexity index is 432. The summed E-state index contributed by atoms with van der Waals surface area (Å²) in [5, 5.41) is 10.5. The van der Waals surface area contributed by atoms with Gasteiger partial charge in [-0.2, -0.15) is 0 Å². The number of rotatable bonds is 7. The Kier molecular flexibility index (Phi) is 10.2. The molecule has 1 aromatic carbocycles. The predicted molar refractivity (Wildman–Crippen MR) is 76.9 cm³/mol. The highest BCUT2D eigenvalue weighted by atomic mass is 31.2. The van der Waals surface area contributed by atoms with Crippen molar-refractivity contribution in [2.45, 2.75) is 13.8 Å². The van der Waals surface area contributed by atoms with Crippen LogP contribution in [0.2, 0.25) is 0 Å². The second-order valence-corrected chi connectivity index (χ2v) is 3.99. The third kappa shape index (κ3) is 7.02. The van der Waals surface area contributed by atoms with Gasteiger partial charge < -0.3 is 10.3 Å². The summed E-state index contributed by atoms with van der Waals surface area (Å²) in [6.45, 7) is 3.95. The molecule has 110 valence electrons. The maximum absolute atomic E-state index is 10.5. The van der Waals surface area contributed by atoms with Crippen LogP contribution < -0.4 is 10.3 Å². The van der Waals surface area contributed by atoms with Crippen molar-refractivity contribution in [3.8, 4) is 18.1 Å². The van der Waals surface area contributed by atoms with Crippen molar-refractivity contribution >= 4 is 14.3 Å². The second kappa shape index (κ2) is 11.1. The van der Waals surface area contributed by atoms with Crippen molar-refractivity contribution in [3.05, 3.63) is 34.4 Å². The van der Waals surface area contributed by atoms with E-state index in [-0.39, 0.29) is 19.0 Å². The quantitative estimate of drug-likeness (QED) is 0.273. The van der Waals surface area contributed by atoms with Gasteiger partial charge in [-0.05, 0) is 12.1 Å². The molecule has 0 aliphatic rings. The Morgan fingerprint density at radius 1 is 1.35 bits per heavy atom. The van der Waals surface area contributed by atoms with Crippen LogP contribution in [-0.4, -0.2) is 18.3 Å². The Morgan fingerprint density at radius 3 is 2.40 bits per heavy atom. The van der Waals surface area contributed by atoms with Gasteiger partial charge in [-0.25, -0.2) is 0 Å². The zero-order chi connectivity index (χ0) is 15.4. The number of nitro groups is 1. The normalized spacial score (nSPS) is 10.7. The summed E-state index contributed by atoms with van der Waals surface area (Å²) in [5.74, 6) is 2.64. The summed E-state index contributed by atoms with van der Waals surface area (Å²) in [6.07, 6.45) is 5.04. The van der Waals surface area contributed by atoms with Crippen LogP contribution in [0.25, 0.3) is 0 Å². The maximum Gasteiger partial charge on any atom is 0.399 e. The van der Waals surface area contributed by atoms with Gasteiger partial charge in [-0.15, -0.1) is 6.42 Å². The molecule has 1 aromatic rings. The van der Waals surface area contributed by atoms with E-state index in [1.54, 1.807) is 0 Å². The zero-order valence-corrected chi connectivity index (χ0v) is 12.2. The molecule has 8 heteroatoms. The minimum atomic E-state index is -1.71. The molecule has 0 saturated carbocycles. The second-order valence-electron chi connectivity index (χ2n) is 2.84. The van der Waals surface area contributed by atoms with Crippen LogP contribution in [0.3, 0.4) is 0 Å². The minimum absolute atomic E-state index is 0.0265. The number of nitro benzene ring substituents is 1. The predicted octanol–water partition coefficient (Wildman–Crippen LogP) is 2.81. The van der Waals surface area contributed by atoms with Gasteiger partial charge in [0.05, 0.1) is 4.92 Å². The zero-order valence-electron chi connectivity index (χ0n) is 11.3. The number of benzene rings is 1. The number of terminal acetylenes is 1. The molecule has 0 radical (unpaired) electrons. The van der Waals surface area contributed by atoms with E-state index in [1.807, 2.05) is 13.8 Å². The van der Waals surface area contributed by atoms with Crippen molar-refractivity contribution in [2.24, 2.45) is 5.73 Å². The first-order valence-electron chi connectivity index (χ1n) is 5.79. The first-order valence-corrected chi connectivity index (χ1v) is 6.89. The molecule has 0 fully saturated rings. The van der Waals surface area contributed by atoms with E-state index in [0.717, 1.165) is 0 Å². The Morgan fingerprint density at radius 2 is 1.95 bits per heavy atom. The number of non-ortho nitro benzene ring substituents is 1. The van der Waals surface area contributed by atoms with Gasteiger partial charge in [-0.3, -0.25) is 19.2 Å². The lowest BCUT2D eigenvalue weighted by atomic mass is 10.3. The lowest BCUT2D eigenvalue weighted by molar-refractivity contribution is -0.384. The van der Waals surface area contributed by atoms with Gasteiger partial charge in [0.15, 0.2) is 0 Å². The first kappa shape index (κ1) is 18.3. The maximum atomic E-state index is 10.5. The Balaban J connectivity index is 0.00000172. The van der Waals surface area contributed by atoms with Crippen LogP contribution in [0.4, 0.5) is 5.69 Å². The Labute approximate surface area is 119 Å². The lowest BCUT2D eigenvalue weighted by Gasteiger charge is -2.14. The average molecular weight is 300 g/mol. The summed E-state index contributed by atoms with van der Waals surface area (Å²) in [6, 6.07) is 5.50. The van der Waals surface area contributed by atoms with Crippen molar-refractivity contribution in [3.63, 3.8) is 0 Å². The molecule has 0 heterocycles. The molecule has 0 aliphatic heterocycles. The third-order valence-corrected chi connectivity index (χ3v) is 2.72. The molecule has 0 bridgehead atoms. The fourth-order valence-electron chi connectivity index (χ4n) is 0.956. The van der Waals surface area contributed by atoms with E-state index in [9.17, 15) is 10.1 Å². The monoisotopic (exact) mass is 300 g/mol. The van der Waals surface area contributed by atoms with Crippen molar-refractivity contribution < 1.29 is 18.5 Å². The molecule has 20 heavy (non-hydrogen) atoms. The fraction of sp³-hybridized carbons (Fsp3) is 0.333. The molecule has 2 N–H and O–H groups in total. The van der Waals surface area contributed by atoms with E-state index in [0.29, 0.717) is 5.75 Å². The first-order chi connectivity index (χ1) is 9.67. The molecule has 0 aromatic heterocycles. The molecule has 0 aliphatic carbocycles. The van der Waals surface area contributed by atoms with Crippen LogP contribution in [0.5, 0.6) is 5.75 Å². The number of nitrogens with zero attached hydrogens (tertiary/aromatic N) is 1. The summed E-state index contributed by atoms with van der Waals surface area (Å²) in [5.41, 5.74) is 5.18. The van der Waals surface area contributed by atoms with E-state index < -0.39 is 13.5 Å². The fourth-order valence-corrected chi connectivity index (χ4v) is 1.73. The average Bonchev–Trinajstić information content (AvgIpc) is 2.47. The molecule has 0 spiro atoms. The highest BCUT2D eigenvalue weighted by molar-refractivity contribution is 7.42. The lowest BCUT2D eigenvalue weighted by Crippen LogP contribution is -2.05. The SMILES string of the molecule is C#CCOP(OCN)Oc1ccc([N+](=O)[O-])cc1.CC. The molecule has 7 nitrogen and oxygen atoms in total. The molecule has 0 amide bonds. The summed E-state index contributed by atoms with van der Waals surface area (Å²) in [4.78, 5) is 9.96. The molecule has 1 unspecified atom stereocenters. The van der Waals surface area contributed by atoms with Crippen LogP contribution in [0.15, 0.2) is 24.3 Å². The van der Waals surface area contributed by atoms with Crippen molar-refractivity contribution in [2.75, 3.05) is 13.3 Å². The summed E-state index contributed by atoms with van der Waals surface area (Å²) >= 11 is 0. The van der Waals surface area contributed by atoms with Gasteiger partial charge in [0.2, 0.25) is 0 Å². The topological polar surface area (TPSA) is 96.9 Å². The van der Waals surface area contributed by atoms with Crippen molar-refractivity contribution in [1.29, 1.82) is 0 Å². The van der Waals surface area contributed by atoms with Crippen LogP contribution in [0, 0.1) is 22.5 Å². The molecule has 1 rings (SSSR count). The van der Waals surface area contributed by atoms with E-state index in [1.165, 1.54) is 24.3 Å². The van der Waals surface area contributed by atoms with Crippen molar-refractivity contribution in [1.82, 2.24) is 0 Å². The number of hydrogen-bond donors (Lipinski definition) is 1. The summed E-state index contributed by atoms with van der Waals surface area (Å²) < 4.78 is 15.4. The number of hydrogen-bond acceptors (Lipinski definition) is 6. The van der Waals surface area contributed by atoms with Crippen LogP contribution in [-0.2, 0) is 9.05 Å². The van der Waals surface area contributed by atoms with E-state index >= 15 is 0 Å². The Hall–Kier alpha value is -1.71. The van der Waals surface area contributed by atoms with E-state index in [2.05, 4.69) is 5.92 Å². The third-order valence-electron chi connectivity index (χ3n) is 1.66. The largest absolute Gasteiger partial charge is 0.427 e. The molecular formula is C12H17N2O5P.